The van der Waals surface area contributed by atoms with Crippen LogP contribution in [0.4, 0.5) is 26.3 Å². The molecule has 3 nitrogen and oxygen atoms in total. The third-order valence-corrected chi connectivity index (χ3v) is 3.22. The summed E-state index contributed by atoms with van der Waals surface area (Å²) in [5.41, 5.74) is -2.34. The number of halogens is 6. The van der Waals surface area contributed by atoms with E-state index in [0.29, 0.717) is 10.6 Å². The fourth-order valence-corrected chi connectivity index (χ4v) is 2.25. The second kappa shape index (κ2) is 5.54. The molecule has 0 N–H and O–H groups in total. The van der Waals surface area contributed by atoms with Gasteiger partial charge in [-0.2, -0.15) is 31.3 Å². The van der Waals surface area contributed by atoms with Crippen LogP contribution in [-0.2, 0) is 12.7 Å². The van der Waals surface area contributed by atoms with Gasteiger partial charge in [-0.3, -0.25) is 4.57 Å². The summed E-state index contributed by atoms with van der Waals surface area (Å²) in [5.74, 6) is -0.422. The minimum Gasteiger partial charge on any atom is -0.283 e. The number of alkyl halides is 6. The first-order valence-electron chi connectivity index (χ1n) is 6.58. The van der Waals surface area contributed by atoms with Gasteiger partial charge >= 0.3 is 18.0 Å². The lowest BCUT2D eigenvalue weighted by Crippen LogP contribution is -2.31. The Hall–Kier alpha value is -2.06. The Balaban J connectivity index is 2.83. The van der Waals surface area contributed by atoms with Crippen molar-refractivity contribution in [3.63, 3.8) is 0 Å². The van der Waals surface area contributed by atoms with Crippen molar-refractivity contribution in [3.8, 4) is 0 Å². The van der Waals surface area contributed by atoms with E-state index < -0.39 is 36.1 Å². The second-order valence-electron chi connectivity index (χ2n) is 5.37. The molecule has 1 aromatic heterocycles. The molecule has 0 radical (unpaired) electrons. The second-order valence-corrected chi connectivity index (χ2v) is 5.37. The highest BCUT2D eigenvalue weighted by Crippen LogP contribution is 2.33. The molecule has 0 fully saturated rings. The van der Waals surface area contributed by atoms with E-state index in [1.54, 1.807) is 13.8 Å². The minimum atomic E-state index is -4.69. The number of hydrogen-bond acceptors (Lipinski definition) is 2. The number of hydrogen-bond donors (Lipinski definition) is 0. The van der Waals surface area contributed by atoms with Gasteiger partial charge in [0.25, 0.3) is 0 Å². The Kier molecular flexibility index (Phi) is 4.16. The number of fused-ring (bicyclic) bond motifs is 1. The van der Waals surface area contributed by atoms with E-state index >= 15 is 0 Å². The Labute approximate surface area is 126 Å². The summed E-state index contributed by atoms with van der Waals surface area (Å²) in [6.45, 7) is 1.57. The molecule has 0 aliphatic heterocycles. The Morgan fingerprint density at radius 1 is 1.13 bits per heavy atom. The Morgan fingerprint density at radius 3 is 2.22 bits per heavy atom. The zero-order valence-electron chi connectivity index (χ0n) is 12.1. The van der Waals surface area contributed by atoms with E-state index in [0.717, 1.165) is 12.1 Å². The maximum atomic E-state index is 12.8. The molecule has 23 heavy (non-hydrogen) atoms. The Morgan fingerprint density at radius 2 is 1.74 bits per heavy atom. The van der Waals surface area contributed by atoms with Gasteiger partial charge in [0, 0.05) is 5.39 Å². The zero-order chi connectivity index (χ0) is 17.6. The van der Waals surface area contributed by atoms with E-state index in [1.807, 2.05) is 0 Å². The van der Waals surface area contributed by atoms with Gasteiger partial charge in [-0.25, -0.2) is 4.79 Å². The van der Waals surface area contributed by atoms with E-state index in [4.69, 9.17) is 0 Å². The molecule has 0 bridgehead atoms. The summed E-state index contributed by atoms with van der Waals surface area (Å²) >= 11 is 0. The van der Waals surface area contributed by atoms with Crippen molar-refractivity contribution in [3.05, 3.63) is 39.9 Å². The van der Waals surface area contributed by atoms with Gasteiger partial charge in [-0.1, -0.05) is 13.8 Å². The fraction of sp³-hybridized carbons (Fsp3) is 0.429. The van der Waals surface area contributed by atoms with Gasteiger partial charge in [-0.15, -0.1) is 0 Å². The molecule has 9 heteroatoms. The summed E-state index contributed by atoms with van der Waals surface area (Å²) in [7, 11) is 0. The van der Waals surface area contributed by atoms with Crippen molar-refractivity contribution in [1.29, 1.82) is 0 Å². The predicted octanol–water partition coefficient (Wildman–Crippen LogP) is 4.10. The van der Waals surface area contributed by atoms with Crippen molar-refractivity contribution in [2.75, 3.05) is 0 Å². The van der Waals surface area contributed by atoms with Crippen molar-refractivity contribution in [1.82, 2.24) is 9.55 Å². The van der Waals surface area contributed by atoms with Gasteiger partial charge in [0.2, 0.25) is 0 Å². The average Bonchev–Trinajstić information content (AvgIpc) is 2.38. The topological polar surface area (TPSA) is 34.9 Å². The van der Waals surface area contributed by atoms with E-state index in [9.17, 15) is 31.1 Å². The third-order valence-electron chi connectivity index (χ3n) is 3.22. The molecule has 0 amide bonds. The average molecular weight is 338 g/mol. The predicted molar refractivity (Wildman–Crippen MR) is 71.1 cm³/mol. The SMILES string of the molecule is CC(C)c1nc(=O)n(CC(F)(F)F)c2ccc(C(F)(F)F)cc12. The normalized spacial score (nSPS) is 13.1. The molecule has 0 saturated heterocycles. The highest BCUT2D eigenvalue weighted by molar-refractivity contribution is 5.82. The molecule has 0 saturated carbocycles. The van der Waals surface area contributed by atoms with Crippen molar-refractivity contribution in [2.24, 2.45) is 0 Å². The molecule has 1 heterocycles. The smallest absolute Gasteiger partial charge is 0.283 e. The van der Waals surface area contributed by atoms with Gasteiger partial charge in [0.05, 0.1) is 16.8 Å². The maximum absolute atomic E-state index is 12.8. The van der Waals surface area contributed by atoms with Gasteiger partial charge in [0.15, 0.2) is 0 Å². The van der Waals surface area contributed by atoms with Gasteiger partial charge in [-0.05, 0) is 24.1 Å². The Bertz CT molecular complexity index is 789. The molecule has 2 aromatic rings. The fourth-order valence-electron chi connectivity index (χ4n) is 2.25. The van der Waals surface area contributed by atoms with Gasteiger partial charge in [0.1, 0.15) is 6.54 Å². The van der Waals surface area contributed by atoms with Gasteiger partial charge < -0.3 is 0 Å². The third kappa shape index (κ3) is 3.65. The van der Waals surface area contributed by atoms with Crippen LogP contribution in [0.2, 0.25) is 0 Å². The minimum absolute atomic E-state index is 0.0366. The molecule has 0 aliphatic carbocycles. The van der Waals surface area contributed by atoms with E-state index in [1.165, 1.54) is 0 Å². The highest BCUT2D eigenvalue weighted by atomic mass is 19.4. The van der Waals surface area contributed by atoms with Crippen molar-refractivity contribution in [2.45, 2.75) is 38.7 Å². The standard InChI is InChI=1S/C14H12F6N2O/c1-7(2)11-9-5-8(14(18,19)20)3-4-10(9)22(12(23)21-11)6-13(15,16)17/h3-5,7H,6H2,1-2H3. The lowest BCUT2D eigenvalue weighted by Gasteiger charge is -2.17. The lowest BCUT2D eigenvalue weighted by atomic mass is 10.0. The van der Waals surface area contributed by atoms with Crippen LogP contribution in [0.1, 0.15) is 31.0 Å². The molecule has 0 spiro atoms. The number of aromatic nitrogens is 2. The van der Waals surface area contributed by atoms with Crippen LogP contribution in [0.3, 0.4) is 0 Å². The quantitative estimate of drug-likeness (QED) is 0.773. The molecule has 0 aliphatic rings. The van der Waals surface area contributed by atoms with Crippen LogP contribution in [-0.4, -0.2) is 15.7 Å². The number of rotatable bonds is 2. The first kappa shape index (κ1) is 17.3. The lowest BCUT2D eigenvalue weighted by molar-refractivity contribution is -0.141. The molecule has 1 aromatic carbocycles. The van der Waals surface area contributed by atoms with Crippen LogP contribution in [0.5, 0.6) is 0 Å². The van der Waals surface area contributed by atoms with E-state index in [-0.39, 0.29) is 16.6 Å². The number of nitrogens with zero attached hydrogens (tertiary/aromatic N) is 2. The first-order valence-corrected chi connectivity index (χ1v) is 6.58. The summed E-state index contributed by atoms with van der Waals surface area (Å²) in [5, 5.41) is -0.112. The van der Waals surface area contributed by atoms with Crippen LogP contribution >= 0.6 is 0 Å². The molecule has 0 unspecified atom stereocenters. The molecule has 0 atom stereocenters. The highest BCUT2D eigenvalue weighted by Gasteiger charge is 2.33. The van der Waals surface area contributed by atoms with Crippen LogP contribution < -0.4 is 5.69 Å². The summed E-state index contributed by atoms with van der Waals surface area (Å²) < 4.78 is 76.7. The number of benzene rings is 1. The molecular weight excluding hydrogens is 326 g/mol. The molecule has 126 valence electrons. The molecule has 2 rings (SSSR count). The zero-order valence-corrected chi connectivity index (χ0v) is 12.1. The van der Waals surface area contributed by atoms with Crippen LogP contribution in [0, 0.1) is 0 Å². The summed E-state index contributed by atoms with van der Waals surface area (Å²) in [4.78, 5) is 15.4. The van der Waals surface area contributed by atoms with Crippen molar-refractivity contribution < 1.29 is 26.3 Å². The van der Waals surface area contributed by atoms with E-state index in [2.05, 4.69) is 4.98 Å². The monoisotopic (exact) mass is 338 g/mol. The largest absolute Gasteiger partial charge is 0.416 e. The maximum Gasteiger partial charge on any atom is 0.416 e. The summed E-state index contributed by atoms with van der Waals surface area (Å²) in [6.07, 6.45) is -9.34. The van der Waals surface area contributed by atoms with Crippen molar-refractivity contribution >= 4 is 10.9 Å². The summed E-state index contributed by atoms with van der Waals surface area (Å²) in [6, 6.07) is 2.25. The first-order chi connectivity index (χ1) is 10.4. The van der Waals surface area contributed by atoms with Crippen LogP contribution in [0.15, 0.2) is 23.0 Å². The molecular formula is C14H12F6N2O. The van der Waals surface area contributed by atoms with Crippen LogP contribution in [0.25, 0.3) is 10.9 Å².